The molecule has 0 aromatic heterocycles. The van der Waals surface area contributed by atoms with Crippen molar-refractivity contribution in [1.82, 2.24) is 0 Å². The van der Waals surface area contributed by atoms with Crippen LogP contribution in [0.4, 0.5) is 13.2 Å². The van der Waals surface area contributed by atoms with Gasteiger partial charge in [-0.25, -0.2) is 13.2 Å². The summed E-state index contributed by atoms with van der Waals surface area (Å²) in [6, 6.07) is 8.07. The van der Waals surface area contributed by atoms with E-state index in [0.717, 1.165) is 0 Å². The van der Waals surface area contributed by atoms with Gasteiger partial charge < -0.3 is 0 Å². The van der Waals surface area contributed by atoms with E-state index in [1.54, 1.807) is 30.3 Å². The molecule has 0 radical (unpaired) electrons. The maximum atomic E-state index is 12.9. The Bertz CT molecular complexity index is 376. The first-order valence-electron chi connectivity index (χ1n) is 4.55. The lowest BCUT2D eigenvalue weighted by Crippen LogP contribution is -2.31. The van der Waals surface area contributed by atoms with E-state index in [-0.39, 0.29) is 6.42 Å². The molecule has 1 rings (SSSR count). The predicted molar refractivity (Wildman–Crippen MR) is 51.1 cm³/mol. The highest BCUT2D eigenvalue weighted by molar-refractivity contribution is 6.07. The van der Waals surface area contributed by atoms with Crippen molar-refractivity contribution in [3.05, 3.63) is 35.9 Å². The lowest BCUT2D eigenvalue weighted by molar-refractivity contribution is -0.141. The smallest absolute Gasteiger partial charge is 0.296 e. The molecule has 5 heteroatoms. The van der Waals surface area contributed by atoms with Crippen LogP contribution in [0.25, 0.3) is 0 Å². The van der Waals surface area contributed by atoms with Crippen LogP contribution in [-0.2, 0) is 16.0 Å². The van der Waals surface area contributed by atoms with Crippen molar-refractivity contribution >= 4 is 11.6 Å². The van der Waals surface area contributed by atoms with E-state index < -0.39 is 24.2 Å². The fraction of sp³-hybridized carbons (Fsp3) is 0.273. The van der Waals surface area contributed by atoms with Crippen LogP contribution >= 0.6 is 0 Å². The van der Waals surface area contributed by atoms with Gasteiger partial charge >= 0.3 is 0 Å². The molecule has 0 saturated heterocycles. The summed E-state index contributed by atoms with van der Waals surface area (Å²) in [6.07, 6.45) is -6.55. The molecule has 1 atom stereocenters. The molecule has 0 aliphatic rings. The Balaban J connectivity index is 2.63. The van der Waals surface area contributed by atoms with Crippen LogP contribution in [0.1, 0.15) is 5.56 Å². The minimum atomic E-state index is -3.45. The molecule has 2 nitrogen and oxygen atoms in total. The molecule has 1 aromatic rings. The summed E-state index contributed by atoms with van der Waals surface area (Å²) in [5.74, 6) is -3.11. The van der Waals surface area contributed by atoms with Crippen LogP contribution in [-0.4, -0.2) is 24.2 Å². The zero-order valence-electron chi connectivity index (χ0n) is 8.20. The van der Waals surface area contributed by atoms with Crippen molar-refractivity contribution in [2.24, 2.45) is 0 Å². The first-order chi connectivity index (χ1) is 7.52. The Morgan fingerprint density at radius 1 is 1.06 bits per heavy atom. The fourth-order valence-corrected chi connectivity index (χ4v) is 1.16. The minimum Gasteiger partial charge on any atom is -0.296 e. The first kappa shape index (κ1) is 12.4. The van der Waals surface area contributed by atoms with Gasteiger partial charge in [-0.15, -0.1) is 0 Å². The number of halogens is 3. The van der Waals surface area contributed by atoms with Crippen LogP contribution in [0.5, 0.6) is 0 Å². The molecule has 0 N–H and O–H groups in total. The number of benzene rings is 1. The molecule has 0 spiro atoms. The summed E-state index contributed by atoms with van der Waals surface area (Å²) in [5, 5.41) is 0. The zero-order valence-corrected chi connectivity index (χ0v) is 8.20. The molecular formula is C11H9F3O2. The molecule has 1 aromatic carbocycles. The molecule has 0 heterocycles. The number of alkyl halides is 3. The van der Waals surface area contributed by atoms with Crippen LogP contribution in [0.3, 0.4) is 0 Å². The van der Waals surface area contributed by atoms with E-state index in [1.165, 1.54) is 0 Å². The van der Waals surface area contributed by atoms with Gasteiger partial charge in [0.1, 0.15) is 0 Å². The van der Waals surface area contributed by atoms with Crippen molar-refractivity contribution in [2.75, 3.05) is 0 Å². The third kappa shape index (κ3) is 3.18. The van der Waals surface area contributed by atoms with E-state index in [9.17, 15) is 22.8 Å². The number of ketones is 2. The molecule has 0 saturated carbocycles. The molecule has 16 heavy (non-hydrogen) atoms. The Labute approximate surface area is 90.1 Å². The van der Waals surface area contributed by atoms with Gasteiger partial charge in [0.05, 0.1) is 0 Å². The molecule has 0 bridgehead atoms. The highest BCUT2D eigenvalue weighted by Gasteiger charge is 2.32. The maximum absolute atomic E-state index is 12.9. The number of carbonyl (C=O) groups is 2. The molecule has 0 aliphatic carbocycles. The summed E-state index contributed by atoms with van der Waals surface area (Å²) < 4.78 is 36.6. The average molecular weight is 230 g/mol. The van der Waals surface area contributed by atoms with Crippen LogP contribution in [0, 0.1) is 0 Å². The summed E-state index contributed by atoms with van der Waals surface area (Å²) in [6.45, 7) is 0. The molecule has 86 valence electrons. The van der Waals surface area contributed by atoms with E-state index >= 15 is 0 Å². The third-order valence-electron chi connectivity index (χ3n) is 1.97. The summed E-state index contributed by atoms with van der Waals surface area (Å²) in [7, 11) is 0. The largest absolute Gasteiger partial charge is 0.299 e. The van der Waals surface area contributed by atoms with Gasteiger partial charge in [0, 0.05) is 6.42 Å². The highest BCUT2D eigenvalue weighted by Crippen LogP contribution is 2.08. The predicted octanol–water partition coefficient (Wildman–Crippen LogP) is 1.97. The number of Topliss-reactive ketones (excluding diaryl/α,β-unsaturated/α-hetero) is 2. The topological polar surface area (TPSA) is 34.1 Å². The Hall–Kier alpha value is -1.65. The van der Waals surface area contributed by atoms with Gasteiger partial charge in [-0.05, 0) is 5.56 Å². The van der Waals surface area contributed by atoms with E-state index in [2.05, 4.69) is 0 Å². The lowest BCUT2D eigenvalue weighted by Gasteiger charge is -2.05. The molecule has 0 amide bonds. The second kappa shape index (κ2) is 5.44. The van der Waals surface area contributed by atoms with Gasteiger partial charge in [0.25, 0.3) is 6.43 Å². The van der Waals surface area contributed by atoms with Crippen molar-refractivity contribution < 1.29 is 22.8 Å². The standard InChI is InChI=1S/C11H9F3O2/c12-9(10(16)11(13)14)8(15)6-7-4-2-1-3-5-7/h1-5,9,11H,6H2. The Morgan fingerprint density at radius 3 is 2.12 bits per heavy atom. The lowest BCUT2D eigenvalue weighted by atomic mass is 10.0. The van der Waals surface area contributed by atoms with Crippen LogP contribution in [0.2, 0.25) is 0 Å². The normalized spacial score (nSPS) is 12.5. The fourth-order valence-electron chi connectivity index (χ4n) is 1.16. The van der Waals surface area contributed by atoms with Gasteiger partial charge in [-0.1, -0.05) is 30.3 Å². The van der Waals surface area contributed by atoms with E-state index in [4.69, 9.17) is 0 Å². The van der Waals surface area contributed by atoms with Crippen molar-refractivity contribution in [3.8, 4) is 0 Å². The van der Waals surface area contributed by atoms with Gasteiger partial charge in [-0.2, -0.15) is 0 Å². The minimum absolute atomic E-state index is 0.361. The van der Waals surface area contributed by atoms with E-state index in [0.29, 0.717) is 5.56 Å². The molecule has 0 aliphatic heterocycles. The van der Waals surface area contributed by atoms with Crippen LogP contribution in [0.15, 0.2) is 30.3 Å². The van der Waals surface area contributed by atoms with Gasteiger partial charge in [0.15, 0.2) is 5.78 Å². The molecule has 0 fully saturated rings. The summed E-state index contributed by atoms with van der Waals surface area (Å²) in [4.78, 5) is 21.7. The molecule has 1 unspecified atom stereocenters. The second-order valence-electron chi connectivity index (χ2n) is 3.19. The van der Waals surface area contributed by atoms with E-state index in [1.807, 2.05) is 0 Å². The van der Waals surface area contributed by atoms with Gasteiger partial charge in [0.2, 0.25) is 12.0 Å². The third-order valence-corrected chi connectivity index (χ3v) is 1.97. The summed E-state index contributed by atoms with van der Waals surface area (Å²) >= 11 is 0. The number of rotatable bonds is 5. The average Bonchev–Trinajstić information content (AvgIpc) is 2.28. The Kier molecular flexibility index (Phi) is 4.22. The number of hydrogen-bond donors (Lipinski definition) is 0. The maximum Gasteiger partial charge on any atom is 0.299 e. The quantitative estimate of drug-likeness (QED) is 0.725. The number of hydrogen-bond acceptors (Lipinski definition) is 2. The van der Waals surface area contributed by atoms with Crippen LogP contribution < -0.4 is 0 Å². The number of carbonyl (C=O) groups excluding carboxylic acids is 2. The van der Waals surface area contributed by atoms with Crippen molar-refractivity contribution in [1.29, 1.82) is 0 Å². The van der Waals surface area contributed by atoms with Gasteiger partial charge in [-0.3, -0.25) is 9.59 Å². The SMILES string of the molecule is O=C(Cc1ccccc1)C(F)C(=O)C(F)F. The highest BCUT2D eigenvalue weighted by atomic mass is 19.3. The zero-order chi connectivity index (χ0) is 12.1. The Morgan fingerprint density at radius 2 is 1.62 bits per heavy atom. The monoisotopic (exact) mass is 230 g/mol. The first-order valence-corrected chi connectivity index (χ1v) is 4.55. The van der Waals surface area contributed by atoms with Crippen molar-refractivity contribution in [2.45, 2.75) is 19.0 Å². The summed E-state index contributed by atoms with van der Waals surface area (Å²) in [5.41, 5.74) is 0.484. The second-order valence-corrected chi connectivity index (χ2v) is 3.19. The molecular weight excluding hydrogens is 221 g/mol. The van der Waals surface area contributed by atoms with Crippen molar-refractivity contribution in [3.63, 3.8) is 0 Å².